The summed E-state index contributed by atoms with van der Waals surface area (Å²) in [7, 11) is 1.63. The van der Waals surface area contributed by atoms with E-state index in [1.807, 2.05) is 6.92 Å². The van der Waals surface area contributed by atoms with Crippen molar-refractivity contribution in [3.63, 3.8) is 0 Å². The first kappa shape index (κ1) is 4.86. The summed E-state index contributed by atoms with van der Waals surface area (Å²) in [5, 5.41) is 0. The second-order valence-corrected chi connectivity index (χ2v) is 1.90. The van der Waals surface area contributed by atoms with Crippen molar-refractivity contribution < 1.29 is 6.11 Å². The Morgan fingerprint density at radius 1 is 1.56 bits per heavy atom. The van der Waals surface area contributed by atoms with Crippen LogP contribution in [0.3, 0.4) is 0 Å². The molecule has 0 saturated heterocycles. The second kappa shape index (κ2) is 2.53. The van der Waals surface area contributed by atoms with Gasteiger partial charge in [-0.25, -0.2) is 0 Å². The van der Waals surface area contributed by atoms with E-state index in [0.717, 1.165) is 11.3 Å². The highest BCUT2D eigenvalue weighted by Gasteiger charge is 1.90. The van der Waals surface area contributed by atoms with Crippen molar-refractivity contribution in [1.29, 1.82) is 0 Å². The maximum atomic E-state index is 7.25. The topological polar surface area (TPSA) is 9.23 Å². The smallest absolute Gasteiger partial charge is 0.121 e. The summed E-state index contributed by atoms with van der Waals surface area (Å²) in [6.45, 7) is 1.93. The minimum atomic E-state index is 0.526. The number of methoxy groups -OCH3 is 1. The predicted molar refractivity (Wildman–Crippen MR) is 37.7 cm³/mol. The molecule has 0 fully saturated rings. The van der Waals surface area contributed by atoms with Crippen molar-refractivity contribution in [1.82, 2.24) is 0 Å². The lowest BCUT2D eigenvalue weighted by Crippen LogP contribution is -1.84. The van der Waals surface area contributed by atoms with Gasteiger partial charge in [0.2, 0.25) is 0 Å². The van der Waals surface area contributed by atoms with E-state index in [-0.39, 0.29) is 0 Å². The quantitative estimate of drug-likeness (QED) is 0.555. The van der Waals surface area contributed by atoms with Crippen molar-refractivity contribution in [2.45, 2.75) is 6.92 Å². The van der Waals surface area contributed by atoms with Crippen LogP contribution in [0.15, 0.2) is 24.2 Å². The van der Waals surface area contributed by atoms with E-state index < -0.39 is 0 Å². The van der Waals surface area contributed by atoms with Crippen LogP contribution in [0.25, 0.3) is 0 Å². The van der Waals surface area contributed by atoms with Gasteiger partial charge in [0.05, 0.1) is 8.48 Å². The molecule has 0 atom stereocenters. The Hall–Kier alpha value is -0.980. The Balaban J connectivity index is 3.07. The number of ether oxygens (including phenoxy) is 1. The van der Waals surface area contributed by atoms with Crippen molar-refractivity contribution in [3.05, 3.63) is 29.8 Å². The van der Waals surface area contributed by atoms with Gasteiger partial charge in [0.25, 0.3) is 0 Å². The van der Waals surface area contributed by atoms with E-state index >= 15 is 0 Å². The summed E-state index contributed by atoms with van der Waals surface area (Å²) < 4.78 is 12.3. The van der Waals surface area contributed by atoms with E-state index in [1.165, 1.54) is 0 Å². The standard InChI is InChI=1S/C8H10O/c1-7-5-3-4-6-8(7)9-2/h3-6H,1-2H3/i3D. The summed E-state index contributed by atoms with van der Waals surface area (Å²) in [6.07, 6.45) is 0. The highest BCUT2D eigenvalue weighted by atomic mass is 16.5. The van der Waals surface area contributed by atoms with Crippen LogP contribution in [-0.2, 0) is 0 Å². The van der Waals surface area contributed by atoms with Crippen LogP contribution in [0.1, 0.15) is 6.93 Å². The van der Waals surface area contributed by atoms with E-state index in [2.05, 4.69) is 0 Å². The zero-order valence-electron chi connectivity index (χ0n) is 6.64. The molecule has 0 amide bonds. The summed E-state index contributed by atoms with van der Waals surface area (Å²) in [5.41, 5.74) is 1.01. The third-order valence-electron chi connectivity index (χ3n) is 1.24. The van der Waals surface area contributed by atoms with Gasteiger partial charge in [-0.05, 0) is 18.6 Å². The summed E-state index contributed by atoms with van der Waals surface area (Å²) >= 11 is 0. The monoisotopic (exact) mass is 123 g/mol. The van der Waals surface area contributed by atoms with Gasteiger partial charge < -0.3 is 4.74 Å². The normalized spacial score (nSPS) is 10.7. The van der Waals surface area contributed by atoms with Crippen molar-refractivity contribution >= 4 is 0 Å². The molecule has 0 radical (unpaired) electrons. The van der Waals surface area contributed by atoms with Gasteiger partial charge in [0.15, 0.2) is 0 Å². The predicted octanol–water partition coefficient (Wildman–Crippen LogP) is 2.00. The summed E-state index contributed by atoms with van der Waals surface area (Å²) in [6, 6.07) is 5.82. The van der Waals surface area contributed by atoms with Gasteiger partial charge in [-0.15, -0.1) is 0 Å². The zero-order valence-corrected chi connectivity index (χ0v) is 5.64. The average molecular weight is 123 g/mol. The minimum Gasteiger partial charge on any atom is -0.496 e. The molecule has 0 unspecified atom stereocenters. The molecule has 0 aliphatic heterocycles. The molecule has 0 bridgehead atoms. The highest BCUT2D eigenvalue weighted by Crippen LogP contribution is 2.14. The van der Waals surface area contributed by atoms with Gasteiger partial charge >= 0.3 is 0 Å². The fourth-order valence-corrected chi connectivity index (χ4v) is 0.729. The Morgan fingerprint density at radius 2 is 2.33 bits per heavy atom. The molecule has 1 nitrogen and oxygen atoms in total. The maximum absolute atomic E-state index is 7.25. The molecular weight excluding hydrogens is 112 g/mol. The van der Waals surface area contributed by atoms with Gasteiger partial charge in [0.1, 0.15) is 5.75 Å². The lowest BCUT2D eigenvalue weighted by Gasteiger charge is -2.00. The van der Waals surface area contributed by atoms with Crippen LogP contribution in [-0.4, -0.2) is 7.11 Å². The molecule has 0 saturated carbocycles. The van der Waals surface area contributed by atoms with Crippen LogP contribution < -0.4 is 4.74 Å². The number of aryl methyl sites for hydroxylation is 1. The first-order valence-electron chi connectivity index (χ1n) is 3.35. The Labute approximate surface area is 56.7 Å². The van der Waals surface area contributed by atoms with E-state index in [1.54, 1.807) is 25.3 Å². The summed E-state index contributed by atoms with van der Waals surface area (Å²) in [4.78, 5) is 0. The van der Waals surface area contributed by atoms with Crippen LogP contribution in [0.5, 0.6) is 5.75 Å². The van der Waals surface area contributed by atoms with E-state index in [9.17, 15) is 0 Å². The van der Waals surface area contributed by atoms with Crippen LogP contribution >= 0.6 is 0 Å². The Morgan fingerprint density at radius 3 is 2.89 bits per heavy atom. The number of rotatable bonds is 1. The lowest BCUT2D eigenvalue weighted by molar-refractivity contribution is 0.411. The molecule has 1 rings (SSSR count). The summed E-state index contributed by atoms with van der Waals surface area (Å²) in [5.74, 6) is 0.844. The van der Waals surface area contributed by atoms with E-state index in [0.29, 0.717) is 6.04 Å². The van der Waals surface area contributed by atoms with Crippen molar-refractivity contribution in [2.75, 3.05) is 7.11 Å². The van der Waals surface area contributed by atoms with E-state index in [4.69, 9.17) is 6.11 Å². The molecule has 1 aromatic carbocycles. The maximum Gasteiger partial charge on any atom is 0.121 e. The minimum absolute atomic E-state index is 0.526. The van der Waals surface area contributed by atoms with Crippen LogP contribution in [0.4, 0.5) is 0 Å². The van der Waals surface area contributed by atoms with Crippen molar-refractivity contribution in [3.8, 4) is 5.75 Å². The van der Waals surface area contributed by atoms with Gasteiger partial charge in [-0.2, -0.15) is 0 Å². The molecule has 0 aromatic heterocycles. The first-order valence-corrected chi connectivity index (χ1v) is 2.85. The largest absolute Gasteiger partial charge is 0.496 e. The SMILES string of the molecule is [2H]c1ccc(OC)c(C)c1. The number of hydrogen-bond donors (Lipinski definition) is 0. The van der Waals surface area contributed by atoms with Gasteiger partial charge in [0, 0.05) is 0 Å². The molecule has 0 spiro atoms. The molecule has 0 heterocycles. The first-order chi connectivity index (χ1) is 4.74. The Bertz CT molecular complexity index is 233. The fourth-order valence-electron chi connectivity index (χ4n) is 0.729. The van der Waals surface area contributed by atoms with Crippen LogP contribution in [0, 0.1) is 6.92 Å². The second-order valence-electron chi connectivity index (χ2n) is 1.90. The number of para-hydroxylation sites is 1. The molecule has 0 aliphatic carbocycles. The van der Waals surface area contributed by atoms with Crippen molar-refractivity contribution in [2.24, 2.45) is 0 Å². The third kappa shape index (κ3) is 1.22. The zero-order chi connectivity index (χ0) is 7.56. The van der Waals surface area contributed by atoms with Gasteiger partial charge in [-0.1, -0.05) is 18.2 Å². The van der Waals surface area contributed by atoms with Crippen LogP contribution in [0.2, 0.25) is 0 Å². The average Bonchev–Trinajstić information content (AvgIpc) is 1.88. The highest BCUT2D eigenvalue weighted by molar-refractivity contribution is 5.31. The molecule has 0 aliphatic rings. The fraction of sp³-hybridized carbons (Fsp3) is 0.250. The molecule has 1 heteroatoms. The molecule has 48 valence electrons. The molecular formula is C8H10O. The molecule has 9 heavy (non-hydrogen) atoms. The number of hydrogen-bond acceptors (Lipinski definition) is 1. The molecule has 1 aromatic rings. The van der Waals surface area contributed by atoms with Gasteiger partial charge in [-0.3, -0.25) is 0 Å². The Kier molecular flexibility index (Phi) is 1.37. The third-order valence-corrected chi connectivity index (χ3v) is 1.24. The molecule has 0 N–H and O–H groups in total. The lowest BCUT2D eigenvalue weighted by atomic mass is 10.2. The number of benzene rings is 1.